The minimum absolute atomic E-state index is 0.251. The van der Waals surface area contributed by atoms with Crippen molar-refractivity contribution in [2.45, 2.75) is 39.8 Å². The Bertz CT molecular complexity index is 784. The molecule has 0 atom stereocenters. The summed E-state index contributed by atoms with van der Waals surface area (Å²) < 4.78 is 6.60. The molecule has 3 rings (SSSR count). The van der Waals surface area contributed by atoms with Crippen LogP contribution in [0.1, 0.15) is 31.2 Å². The third-order valence-corrected chi connectivity index (χ3v) is 5.95. The van der Waals surface area contributed by atoms with E-state index >= 15 is 0 Å². The van der Waals surface area contributed by atoms with Gasteiger partial charge >= 0.3 is 13.2 Å². The van der Waals surface area contributed by atoms with E-state index in [0.29, 0.717) is 18.6 Å². The zero-order chi connectivity index (χ0) is 22.3. The smallest absolute Gasteiger partial charge is 0.444 e. The maximum atomic E-state index is 12.0. The zero-order valence-electron chi connectivity index (χ0n) is 18.0. The fourth-order valence-corrected chi connectivity index (χ4v) is 4.35. The van der Waals surface area contributed by atoms with E-state index in [1.165, 1.54) is 8.66 Å². The van der Waals surface area contributed by atoms with Crippen LogP contribution in [0.4, 0.5) is 4.79 Å². The summed E-state index contributed by atoms with van der Waals surface area (Å²) in [7, 11) is -1.43. The standard InChI is InChI=1S/C16H25BN2O4.C5H5BrS/c1-16(2,3)23-15(20)19-10-8-18(9-11-19)12-13-4-6-14(7-5-13)17(21)22;1-4-2-3-5(6)7-4/h4-7,21-22H,8-12H2,1-3H3;2-3H,1H3. The van der Waals surface area contributed by atoms with E-state index in [4.69, 9.17) is 14.8 Å². The first-order valence-electron chi connectivity index (χ1n) is 9.91. The number of thiophene rings is 1. The highest BCUT2D eigenvalue weighted by Crippen LogP contribution is 2.20. The summed E-state index contributed by atoms with van der Waals surface area (Å²) in [5.41, 5.74) is 1.14. The topological polar surface area (TPSA) is 73.2 Å². The van der Waals surface area contributed by atoms with Gasteiger partial charge < -0.3 is 19.7 Å². The number of rotatable bonds is 3. The van der Waals surface area contributed by atoms with Gasteiger partial charge in [0.1, 0.15) is 5.60 Å². The predicted molar refractivity (Wildman–Crippen MR) is 126 cm³/mol. The second-order valence-corrected chi connectivity index (χ2v) is 10.9. The molecule has 0 radical (unpaired) electrons. The van der Waals surface area contributed by atoms with Gasteiger partial charge in [0.25, 0.3) is 0 Å². The van der Waals surface area contributed by atoms with E-state index in [0.717, 1.165) is 25.2 Å². The lowest BCUT2D eigenvalue weighted by Gasteiger charge is -2.35. The Morgan fingerprint density at radius 2 is 1.70 bits per heavy atom. The molecule has 1 aliphatic heterocycles. The van der Waals surface area contributed by atoms with Crippen molar-refractivity contribution in [3.05, 3.63) is 50.6 Å². The Labute approximate surface area is 191 Å². The lowest BCUT2D eigenvalue weighted by Crippen LogP contribution is -2.49. The molecule has 1 saturated heterocycles. The number of halogens is 1. The molecular formula is C21H30BBrN2O4S. The van der Waals surface area contributed by atoms with Crippen LogP contribution in [0.2, 0.25) is 0 Å². The molecule has 2 N–H and O–H groups in total. The van der Waals surface area contributed by atoms with Crippen molar-refractivity contribution in [3.8, 4) is 0 Å². The summed E-state index contributed by atoms with van der Waals surface area (Å²) in [6.45, 7) is 11.4. The Morgan fingerprint density at radius 1 is 1.10 bits per heavy atom. The Hall–Kier alpha value is -1.39. The van der Waals surface area contributed by atoms with Gasteiger partial charge in [-0.2, -0.15) is 0 Å². The maximum Gasteiger partial charge on any atom is 0.488 e. The van der Waals surface area contributed by atoms with Crippen molar-refractivity contribution in [1.29, 1.82) is 0 Å². The highest BCUT2D eigenvalue weighted by molar-refractivity contribution is 9.11. The molecule has 0 unspecified atom stereocenters. The van der Waals surface area contributed by atoms with E-state index in [-0.39, 0.29) is 6.09 Å². The van der Waals surface area contributed by atoms with Gasteiger partial charge in [-0.3, -0.25) is 4.90 Å². The van der Waals surface area contributed by atoms with Crippen LogP contribution in [0.25, 0.3) is 0 Å². The van der Waals surface area contributed by atoms with E-state index < -0.39 is 12.7 Å². The van der Waals surface area contributed by atoms with Crippen molar-refractivity contribution >= 4 is 45.9 Å². The number of aryl methyl sites for hydroxylation is 1. The van der Waals surface area contributed by atoms with Crippen molar-refractivity contribution in [2.75, 3.05) is 26.2 Å². The van der Waals surface area contributed by atoms with Gasteiger partial charge in [-0.05, 0) is 66.8 Å². The highest BCUT2D eigenvalue weighted by atomic mass is 79.9. The number of hydrogen-bond acceptors (Lipinski definition) is 6. The van der Waals surface area contributed by atoms with Crippen LogP contribution >= 0.6 is 27.3 Å². The molecule has 0 bridgehead atoms. The number of amides is 1. The molecule has 0 aliphatic carbocycles. The molecule has 164 valence electrons. The molecule has 2 heterocycles. The Kier molecular flexibility index (Phi) is 9.37. The van der Waals surface area contributed by atoms with Crippen LogP contribution in [0.3, 0.4) is 0 Å². The minimum Gasteiger partial charge on any atom is -0.444 e. The second-order valence-electron chi connectivity index (χ2n) is 8.21. The normalized spacial score (nSPS) is 14.7. The fourth-order valence-electron chi connectivity index (χ4n) is 2.87. The maximum absolute atomic E-state index is 12.0. The predicted octanol–water partition coefficient (Wildman–Crippen LogP) is 3.24. The van der Waals surface area contributed by atoms with Gasteiger partial charge in [0, 0.05) is 37.6 Å². The van der Waals surface area contributed by atoms with E-state index in [1.54, 1.807) is 28.4 Å². The average molecular weight is 497 g/mol. The molecule has 0 spiro atoms. The third-order valence-electron chi connectivity index (χ3n) is 4.42. The first kappa shape index (κ1) is 24.9. The average Bonchev–Trinajstić information content (AvgIpc) is 3.04. The summed E-state index contributed by atoms with van der Waals surface area (Å²) in [6, 6.07) is 11.4. The fraction of sp³-hybridized carbons (Fsp3) is 0.476. The molecule has 9 heteroatoms. The molecule has 0 saturated carbocycles. The van der Waals surface area contributed by atoms with E-state index in [2.05, 4.69) is 39.9 Å². The van der Waals surface area contributed by atoms with Gasteiger partial charge in [0.2, 0.25) is 0 Å². The van der Waals surface area contributed by atoms with E-state index in [1.807, 2.05) is 32.9 Å². The van der Waals surface area contributed by atoms with Crippen LogP contribution in [0.15, 0.2) is 40.2 Å². The van der Waals surface area contributed by atoms with Crippen LogP contribution in [0, 0.1) is 6.92 Å². The van der Waals surface area contributed by atoms with E-state index in [9.17, 15) is 4.79 Å². The summed E-state index contributed by atoms with van der Waals surface area (Å²) in [4.78, 5) is 17.4. The van der Waals surface area contributed by atoms with Gasteiger partial charge in [-0.1, -0.05) is 24.3 Å². The molecule has 2 aromatic rings. The van der Waals surface area contributed by atoms with Crippen LogP contribution < -0.4 is 5.46 Å². The van der Waals surface area contributed by atoms with Crippen LogP contribution in [0.5, 0.6) is 0 Å². The molecule has 1 aliphatic rings. The quantitative estimate of drug-likeness (QED) is 0.638. The van der Waals surface area contributed by atoms with Crippen LogP contribution in [-0.2, 0) is 11.3 Å². The van der Waals surface area contributed by atoms with Gasteiger partial charge in [-0.15, -0.1) is 11.3 Å². The number of benzene rings is 1. The monoisotopic (exact) mass is 496 g/mol. The van der Waals surface area contributed by atoms with Gasteiger partial charge in [0.15, 0.2) is 0 Å². The first-order valence-corrected chi connectivity index (χ1v) is 11.5. The second kappa shape index (κ2) is 11.3. The van der Waals surface area contributed by atoms with Crippen LogP contribution in [-0.4, -0.2) is 64.8 Å². The number of ether oxygens (including phenoxy) is 1. The van der Waals surface area contributed by atoms with Crippen molar-refractivity contribution in [2.24, 2.45) is 0 Å². The lowest BCUT2D eigenvalue weighted by molar-refractivity contribution is 0.0139. The summed E-state index contributed by atoms with van der Waals surface area (Å²) in [5.74, 6) is 0. The molecule has 6 nitrogen and oxygen atoms in total. The van der Waals surface area contributed by atoms with Crippen molar-refractivity contribution in [1.82, 2.24) is 9.80 Å². The summed E-state index contributed by atoms with van der Waals surface area (Å²) >= 11 is 5.11. The Balaban J connectivity index is 0.000000386. The first-order chi connectivity index (χ1) is 14.0. The number of nitrogens with zero attached hydrogens (tertiary/aromatic N) is 2. The number of carbonyl (C=O) groups excluding carboxylic acids is 1. The third kappa shape index (κ3) is 8.77. The molecule has 1 aromatic heterocycles. The SMILES string of the molecule is CC(C)(C)OC(=O)N1CCN(Cc2ccc(B(O)O)cc2)CC1.Cc1ccc(Br)s1. The largest absolute Gasteiger partial charge is 0.488 e. The Morgan fingerprint density at radius 3 is 2.10 bits per heavy atom. The van der Waals surface area contributed by atoms with Gasteiger partial charge in [0.05, 0.1) is 3.79 Å². The number of carbonyl (C=O) groups is 1. The highest BCUT2D eigenvalue weighted by Gasteiger charge is 2.25. The summed E-state index contributed by atoms with van der Waals surface area (Å²) in [6.07, 6.45) is -0.251. The molecule has 1 amide bonds. The summed E-state index contributed by atoms with van der Waals surface area (Å²) in [5, 5.41) is 18.2. The number of hydrogen-bond donors (Lipinski definition) is 2. The molecule has 1 aromatic carbocycles. The molecular weight excluding hydrogens is 467 g/mol. The minimum atomic E-state index is -1.43. The molecule has 1 fully saturated rings. The zero-order valence-corrected chi connectivity index (χ0v) is 20.4. The number of piperazine rings is 1. The van der Waals surface area contributed by atoms with Crippen molar-refractivity contribution < 1.29 is 19.6 Å². The van der Waals surface area contributed by atoms with Gasteiger partial charge in [-0.25, -0.2) is 4.79 Å². The van der Waals surface area contributed by atoms with Crippen molar-refractivity contribution in [3.63, 3.8) is 0 Å². The molecule has 30 heavy (non-hydrogen) atoms. The lowest BCUT2D eigenvalue weighted by atomic mass is 9.80.